The van der Waals surface area contributed by atoms with Crippen LogP contribution in [0, 0.1) is 11.3 Å². The van der Waals surface area contributed by atoms with E-state index >= 15 is 0 Å². The van der Waals surface area contributed by atoms with Crippen molar-refractivity contribution in [2.24, 2.45) is 16.3 Å². The summed E-state index contributed by atoms with van der Waals surface area (Å²) in [4.78, 5) is 7.45. The van der Waals surface area contributed by atoms with E-state index in [2.05, 4.69) is 53.6 Å². The molecule has 0 radical (unpaired) electrons. The van der Waals surface area contributed by atoms with E-state index < -0.39 is 0 Å². The number of aliphatic hydroxyl groups is 1. The van der Waals surface area contributed by atoms with Crippen molar-refractivity contribution in [3.63, 3.8) is 0 Å². The lowest BCUT2D eigenvalue weighted by Gasteiger charge is -2.30. The summed E-state index contributed by atoms with van der Waals surface area (Å²) < 4.78 is 5.61. The number of guanidine groups is 1. The molecule has 2 saturated heterocycles. The molecule has 2 fully saturated rings. The lowest BCUT2D eigenvalue weighted by Crippen LogP contribution is -2.44. The van der Waals surface area contributed by atoms with Crippen molar-refractivity contribution < 1.29 is 9.84 Å². The van der Waals surface area contributed by atoms with Gasteiger partial charge < -0.3 is 20.5 Å². The van der Waals surface area contributed by atoms with Gasteiger partial charge in [0.2, 0.25) is 0 Å². The number of ether oxygens (including phenoxy) is 1. The molecule has 6 heteroatoms. The smallest absolute Gasteiger partial charge is 0.191 e. The molecule has 168 valence electrons. The Morgan fingerprint density at radius 1 is 1.23 bits per heavy atom. The molecule has 0 bridgehead atoms. The number of aliphatic imine (C=N–C) groups is 1. The maximum atomic E-state index is 9.46. The summed E-state index contributed by atoms with van der Waals surface area (Å²) in [5.74, 6) is 1.69. The Labute approximate surface area is 182 Å². The van der Waals surface area contributed by atoms with Gasteiger partial charge >= 0.3 is 0 Å². The quantitative estimate of drug-likeness (QED) is 0.427. The molecule has 2 aliphatic rings. The van der Waals surface area contributed by atoms with Crippen molar-refractivity contribution >= 4 is 5.96 Å². The molecule has 2 aliphatic heterocycles. The SMILES string of the molecule is CCNC(=NCc1ccccc1CN1CCC(C)CC1)NCC1(CCO)CCOC1. The van der Waals surface area contributed by atoms with Crippen molar-refractivity contribution in [3.05, 3.63) is 35.4 Å². The number of likely N-dealkylation sites (tertiary alicyclic amines) is 1. The fraction of sp³-hybridized carbons (Fsp3) is 0.708. The fourth-order valence-corrected chi connectivity index (χ4v) is 4.42. The monoisotopic (exact) mass is 416 g/mol. The normalized spacial score (nSPS) is 23.6. The van der Waals surface area contributed by atoms with Gasteiger partial charge in [-0.3, -0.25) is 4.90 Å². The number of rotatable bonds is 9. The minimum atomic E-state index is 0.00818. The molecule has 1 atom stereocenters. The molecule has 1 unspecified atom stereocenters. The molecule has 0 spiro atoms. The van der Waals surface area contributed by atoms with Gasteiger partial charge in [0, 0.05) is 38.3 Å². The number of nitrogens with one attached hydrogen (secondary N) is 2. The van der Waals surface area contributed by atoms with Gasteiger partial charge in [-0.1, -0.05) is 31.2 Å². The molecule has 1 aromatic carbocycles. The zero-order chi connectivity index (χ0) is 21.2. The Morgan fingerprint density at radius 3 is 2.67 bits per heavy atom. The van der Waals surface area contributed by atoms with E-state index in [1.54, 1.807) is 0 Å². The second-order valence-corrected chi connectivity index (χ2v) is 9.05. The number of piperidine rings is 1. The standard InChI is InChI=1S/C24H40N4O2/c1-3-25-23(27-18-24(10-14-29)11-15-30-19-24)26-16-21-6-4-5-7-22(21)17-28-12-8-20(2)9-13-28/h4-7,20,29H,3,8-19H2,1-2H3,(H2,25,26,27). The molecule has 30 heavy (non-hydrogen) atoms. The third-order valence-corrected chi connectivity index (χ3v) is 6.60. The molecular weight excluding hydrogens is 376 g/mol. The maximum Gasteiger partial charge on any atom is 0.191 e. The van der Waals surface area contributed by atoms with E-state index in [4.69, 9.17) is 9.73 Å². The first-order chi connectivity index (χ1) is 14.6. The highest BCUT2D eigenvalue weighted by Gasteiger charge is 2.34. The largest absolute Gasteiger partial charge is 0.396 e. The van der Waals surface area contributed by atoms with E-state index in [1.807, 2.05) is 0 Å². The van der Waals surface area contributed by atoms with E-state index in [9.17, 15) is 5.11 Å². The van der Waals surface area contributed by atoms with Gasteiger partial charge in [0.25, 0.3) is 0 Å². The van der Waals surface area contributed by atoms with Crippen molar-refractivity contribution in [2.45, 2.75) is 52.6 Å². The van der Waals surface area contributed by atoms with Crippen LogP contribution < -0.4 is 10.6 Å². The van der Waals surface area contributed by atoms with Gasteiger partial charge in [-0.15, -0.1) is 0 Å². The van der Waals surface area contributed by atoms with Crippen LogP contribution in [0.2, 0.25) is 0 Å². The third-order valence-electron chi connectivity index (χ3n) is 6.60. The average molecular weight is 417 g/mol. The lowest BCUT2D eigenvalue weighted by molar-refractivity contribution is 0.127. The second-order valence-electron chi connectivity index (χ2n) is 9.05. The summed E-state index contributed by atoms with van der Waals surface area (Å²) >= 11 is 0. The van der Waals surface area contributed by atoms with Crippen LogP contribution in [0.4, 0.5) is 0 Å². The van der Waals surface area contributed by atoms with Gasteiger partial charge in [-0.25, -0.2) is 4.99 Å². The summed E-state index contributed by atoms with van der Waals surface area (Å²) in [5.41, 5.74) is 2.68. The molecule has 0 aliphatic carbocycles. The van der Waals surface area contributed by atoms with E-state index in [-0.39, 0.29) is 12.0 Å². The Balaban J connectivity index is 1.61. The van der Waals surface area contributed by atoms with E-state index in [0.717, 1.165) is 51.0 Å². The topological polar surface area (TPSA) is 69.1 Å². The van der Waals surface area contributed by atoms with Crippen LogP contribution in [0.5, 0.6) is 0 Å². The molecular formula is C24H40N4O2. The number of hydrogen-bond acceptors (Lipinski definition) is 4. The molecule has 0 amide bonds. The molecule has 3 rings (SSSR count). The number of aliphatic hydroxyl groups excluding tert-OH is 1. The Bertz CT molecular complexity index is 665. The first-order valence-electron chi connectivity index (χ1n) is 11.6. The molecule has 6 nitrogen and oxygen atoms in total. The van der Waals surface area contributed by atoms with Gasteiger partial charge in [0.15, 0.2) is 5.96 Å². The zero-order valence-corrected chi connectivity index (χ0v) is 18.8. The average Bonchev–Trinajstić information content (AvgIpc) is 3.22. The third kappa shape index (κ3) is 6.69. The van der Waals surface area contributed by atoms with Crippen molar-refractivity contribution in [2.75, 3.05) is 46.0 Å². The Hall–Kier alpha value is -1.63. The van der Waals surface area contributed by atoms with Crippen molar-refractivity contribution in [1.82, 2.24) is 15.5 Å². The van der Waals surface area contributed by atoms with E-state index in [1.165, 1.54) is 37.1 Å². The summed E-state index contributed by atoms with van der Waals surface area (Å²) in [6.07, 6.45) is 4.34. The second kappa shape index (κ2) is 11.7. The first-order valence-corrected chi connectivity index (χ1v) is 11.6. The van der Waals surface area contributed by atoms with Crippen LogP contribution >= 0.6 is 0 Å². The van der Waals surface area contributed by atoms with Crippen LogP contribution in [0.1, 0.15) is 50.7 Å². The lowest BCUT2D eigenvalue weighted by atomic mass is 9.84. The molecule has 1 aromatic rings. The van der Waals surface area contributed by atoms with Gasteiger partial charge in [-0.2, -0.15) is 0 Å². The molecule has 0 aromatic heterocycles. The Kier molecular flexibility index (Phi) is 8.97. The molecule has 0 saturated carbocycles. The zero-order valence-electron chi connectivity index (χ0n) is 18.8. The molecule has 2 heterocycles. The van der Waals surface area contributed by atoms with Gasteiger partial charge in [0.05, 0.1) is 13.2 Å². The maximum absolute atomic E-state index is 9.46. The summed E-state index contributed by atoms with van der Waals surface area (Å²) in [6, 6.07) is 8.69. The molecule has 3 N–H and O–H groups in total. The summed E-state index contributed by atoms with van der Waals surface area (Å²) in [6.45, 7) is 11.8. The first kappa shape index (κ1) is 23.0. The predicted molar refractivity (Wildman–Crippen MR) is 123 cm³/mol. The predicted octanol–water partition coefficient (Wildman–Crippen LogP) is 2.76. The van der Waals surface area contributed by atoms with Gasteiger partial charge in [-0.05, 0) is 62.7 Å². The van der Waals surface area contributed by atoms with Gasteiger partial charge in [0.1, 0.15) is 0 Å². The van der Waals surface area contributed by atoms with Crippen LogP contribution in [0.25, 0.3) is 0 Å². The van der Waals surface area contributed by atoms with E-state index in [0.29, 0.717) is 13.2 Å². The van der Waals surface area contributed by atoms with Crippen molar-refractivity contribution in [1.29, 1.82) is 0 Å². The summed E-state index contributed by atoms with van der Waals surface area (Å²) in [5, 5.41) is 16.3. The minimum absolute atomic E-state index is 0.00818. The highest BCUT2D eigenvalue weighted by molar-refractivity contribution is 5.79. The number of hydrogen-bond donors (Lipinski definition) is 3. The highest BCUT2D eigenvalue weighted by Crippen LogP contribution is 2.31. The summed E-state index contributed by atoms with van der Waals surface area (Å²) in [7, 11) is 0. The highest BCUT2D eigenvalue weighted by atomic mass is 16.5. The Morgan fingerprint density at radius 2 is 2.00 bits per heavy atom. The number of nitrogens with zero attached hydrogens (tertiary/aromatic N) is 2. The minimum Gasteiger partial charge on any atom is -0.396 e. The van der Waals surface area contributed by atoms with Crippen LogP contribution in [-0.2, 0) is 17.8 Å². The van der Waals surface area contributed by atoms with Crippen molar-refractivity contribution in [3.8, 4) is 0 Å². The van der Waals surface area contributed by atoms with Crippen LogP contribution in [0.3, 0.4) is 0 Å². The number of benzene rings is 1. The van der Waals surface area contributed by atoms with Crippen LogP contribution in [-0.4, -0.2) is 62.0 Å². The fourth-order valence-electron chi connectivity index (χ4n) is 4.42. The van der Waals surface area contributed by atoms with Crippen LogP contribution in [0.15, 0.2) is 29.3 Å².